The van der Waals surface area contributed by atoms with Gasteiger partial charge in [0.2, 0.25) is 0 Å². The summed E-state index contributed by atoms with van der Waals surface area (Å²) in [7, 11) is 0. The molecule has 0 atom stereocenters. The van der Waals surface area contributed by atoms with Gasteiger partial charge in [0.15, 0.2) is 0 Å². The van der Waals surface area contributed by atoms with Crippen molar-refractivity contribution in [2.75, 3.05) is 52.9 Å². The maximum absolute atomic E-state index is 9.86. The molecule has 10 aromatic carbocycles. The largest absolute Gasteiger partial charge is 0.508 e. The van der Waals surface area contributed by atoms with Crippen LogP contribution in [0.3, 0.4) is 0 Å². The van der Waals surface area contributed by atoms with Crippen molar-refractivity contribution in [3.05, 3.63) is 253 Å². The first kappa shape index (κ1) is 55.1. The predicted octanol–water partition coefficient (Wildman–Crippen LogP) is 14.7. The van der Waals surface area contributed by atoms with Crippen LogP contribution < -0.4 is 37.9 Å². The van der Waals surface area contributed by atoms with Gasteiger partial charge in [-0.15, -0.1) is 0 Å². The van der Waals surface area contributed by atoms with E-state index in [4.69, 9.17) is 37.9 Å². The number of hydrogen-bond acceptors (Lipinski definition) is 12. The summed E-state index contributed by atoms with van der Waals surface area (Å²) in [6.07, 6.45) is 0. The van der Waals surface area contributed by atoms with Crippen molar-refractivity contribution >= 4 is 0 Å². The molecule has 0 spiro atoms. The second kappa shape index (κ2) is 26.6. The second-order valence-electron chi connectivity index (χ2n) is 19.2. The van der Waals surface area contributed by atoms with Gasteiger partial charge in [-0.25, -0.2) is 0 Å². The number of phenols is 4. The highest BCUT2D eigenvalue weighted by Gasteiger charge is 2.34. The van der Waals surface area contributed by atoms with Crippen LogP contribution in [0, 0.1) is 0 Å². The first-order valence-corrected chi connectivity index (χ1v) is 27.0. The zero-order valence-corrected chi connectivity index (χ0v) is 45.2. The molecule has 0 aliphatic carbocycles. The molecule has 414 valence electrons. The Hall–Kier alpha value is -10.2. The van der Waals surface area contributed by atoms with Crippen molar-refractivity contribution in [3.8, 4) is 102 Å². The molecule has 12 nitrogen and oxygen atoms in total. The van der Waals surface area contributed by atoms with E-state index in [2.05, 4.69) is 67.6 Å². The van der Waals surface area contributed by atoms with Crippen LogP contribution in [0.4, 0.5) is 0 Å². The third-order valence-electron chi connectivity index (χ3n) is 13.8. The molecule has 82 heavy (non-hydrogen) atoms. The summed E-state index contributed by atoms with van der Waals surface area (Å²) in [5.74, 6) is 5.49. The monoisotopic (exact) mass is 1090 g/mol. The Balaban J connectivity index is 1.05. The minimum absolute atomic E-state index is 0.151. The Morgan fingerprint density at radius 2 is 0.537 bits per heavy atom. The third kappa shape index (κ3) is 14.0. The molecule has 0 fully saturated rings. The maximum atomic E-state index is 9.86. The van der Waals surface area contributed by atoms with Gasteiger partial charge >= 0.3 is 0 Å². The normalized spacial score (nSPS) is 11.1. The molecule has 0 aromatic heterocycles. The maximum Gasteiger partial charge on any atom is 0.127 e. The lowest BCUT2D eigenvalue weighted by atomic mass is 9.70. The van der Waals surface area contributed by atoms with E-state index in [0.29, 0.717) is 46.0 Å². The standard InChI is InChI=1S/C70H62O12/c1-70(51-17-15-50(16-18-51)49-9-3-2-4-10-49,52-19-37-68(81-45-41-77-60-33-25-56(73)26-34-60)64(47-52)62-11-5-7-13-66(62)79-43-39-75-58-29-21-54(71)22-30-58)53-20-38-69(82-46-42-78-61-35-27-57(74)28-36-61)65(48-53)63-12-6-8-14-67(63)80-44-40-76-59-31-23-55(72)24-32-59/h2-38,47-48,71-74H,39-46H2,1H3. The van der Waals surface area contributed by atoms with Gasteiger partial charge in [0.05, 0.1) is 0 Å². The fraction of sp³-hybridized carbons (Fsp3) is 0.143. The Labute approximate surface area is 477 Å². The van der Waals surface area contributed by atoms with E-state index < -0.39 is 5.41 Å². The van der Waals surface area contributed by atoms with E-state index in [1.165, 1.54) is 0 Å². The molecular weight excluding hydrogens is 1030 g/mol. The highest BCUT2D eigenvalue weighted by molar-refractivity contribution is 5.80. The van der Waals surface area contributed by atoms with Crippen molar-refractivity contribution in [1.29, 1.82) is 0 Å². The second-order valence-corrected chi connectivity index (χ2v) is 19.2. The van der Waals surface area contributed by atoms with E-state index in [0.717, 1.165) is 50.1 Å². The Morgan fingerprint density at radius 3 is 0.890 bits per heavy atom. The van der Waals surface area contributed by atoms with Crippen LogP contribution in [0.25, 0.3) is 33.4 Å². The zero-order chi connectivity index (χ0) is 56.5. The quantitative estimate of drug-likeness (QED) is 0.0301. The fourth-order valence-electron chi connectivity index (χ4n) is 9.53. The van der Waals surface area contributed by atoms with Gasteiger partial charge in [0.1, 0.15) is 122 Å². The van der Waals surface area contributed by atoms with Crippen molar-refractivity contribution < 1.29 is 58.3 Å². The van der Waals surface area contributed by atoms with E-state index >= 15 is 0 Å². The molecule has 10 aromatic rings. The Bertz CT molecular complexity index is 3430. The van der Waals surface area contributed by atoms with Gasteiger partial charge in [0, 0.05) is 27.7 Å². The minimum Gasteiger partial charge on any atom is -0.508 e. The molecule has 0 heterocycles. The highest BCUT2D eigenvalue weighted by atomic mass is 16.5. The highest BCUT2D eigenvalue weighted by Crippen LogP contribution is 2.47. The van der Waals surface area contributed by atoms with Crippen molar-refractivity contribution in [2.24, 2.45) is 0 Å². The van der Waals surface area contributed by atoms with E-state index in [9.17, 15) is 20.4 Å². The molecule has 0 aliphatic heterocycles. The van der Waals surface area contributed by atoms with Crippen molar-refractivity contribution in [1.82, 2.24) is 0 Å². The lowest BCUT2D eigenvalue weighted by Gasteiger charge is -2.34. The van der Waals surface area contributed by atoms with Crippen LogP contribution >= 0.6 is 0 Å². The van der Waals surface area contributed by atoms with Gasteiger partial charge in [-0.1, -0.05) is 103 Å². The number of phenolic OH excluding ortho intramolecular Hbond substituents is 4. The summed E-state index contributed by atoms with van der Waals surface area (Å²) in [5.41, 5.74) is 7.40. The van der Waals surface area contributed by atoms with Gasteiger partial charge in [-0.3, -0.25) is 0 Å². The first-order chi connectivity index (χ1) is 40.2. The average molecular weight is 1100 g/mol. The minimum atomic E-state index is -0.846. The number of benzene rings is 10. The average Bonchev–Trinajstić information content (AvgIpc) is 3.44. The van der Waals surface area contributed by atoms with Crippen molar-refractivity contribution in [3.63, 3.8) is 0 Å². The molecule has 0 amide bonds. The summed E-state index contributed by atoms with van der Waals surface area (Å²) in [5, 5.41) is 39.3. The molecule has 4 N–H and O–H groups in total. The van der Waals surface area contributed by atoms with Crippen LogP contribution in [-0.4, -0.2) is 73.3 Å². The zero-order valence-electron chi connectivity index (χ0n) is 45.2. The SMILES string of the molecule is CC(c1ccc(-c2ccccc2)cc1)(c1ccc(OCCOc2ccc(O)cc2)c(-c2ccccc2OCCOc2ccc(O)cc2)c1)c1ccc(OCCOc2ccc(O)cc2)c(-c2ccccc2OCCOc2ccc(O)cc2)c1. The molecule has 12 heteroatoms. The van der Waals surface area contributed by atoms with Gasteiger partial charge in [-0.05, 0) is 168 Å². The topological polar surface area (TPSA) is 155 Å². The molecule has 10 rings (SSSR count). The summed E-state index contributed by atoms with van der Waals surface area (Å²) in [4.78, 5) is 0. The summed E-state index contributed by atoms with van der Waals surface area (Å²) in [6, 6.07) is 73.6. The Morgan fingerprint density at radius 1 is 0.256 bits per heavy atom. The van der Waals surface area contributed by atoms with Crippen LogP contribution in [0.5, 0.6) is 69.0 Å². The molecule has 0 radical (unpaired) electrons. The van der Waals surface area contributed by atoms with E-state index in [-0.39, 0.29) is 75.9 Å². The lowest BCUT2D eigenvalue weighted by Crippen LogP contribution is -2.26. The third-order valence-corrected chi connectivity index (χ3v) is 13.8. The molecule has 0 unspecified atom stereocenters. The van der Waals surface area contributed by atoms with Gasteiger partial charge in [0.25, 0.3) is 0 Å². The predicted molar refractivity (Wildman–Crippen MR) is 318 cm³/mol. The molecular formula is C70H62O12. The van der Waals surface area contributed by atoms with E-state index in [1.807, 2.05) is 78.9 Å². The number of ether oxygens (including phenoxy) is 8. The van der Waals surface area contributed by atoms with Gasteiger partial charge < -0.3 is 58.3 Å². The number of para-hydroxylation sites is 2. The lowest BCUT2D eigenvalue weighted by molar-refractivity contribution is 0.215. The summed E-state index contributed by atoms with van der Waals surface area (Å²) >= 11 is 0. The summed E-state index contributed by atoms with van der Waals surface area (Å²) in [6.45, 7) is 4.10. The molecule has 0 aliphatic rings. The fourth-order valence-corrected chi connectivity index (χ4v) is 9.53. The number of hydrogen-bond donors (Lipinski definition) is 4. The summed E-state index contributed by atoms with van der Waals surface area (Å²) < 4.78 is 50.3. The van der Waals surface area contributed by atoms with Crippen LogP contribution in [-0.2, 0) is 5.41 Å². The molecule has 0 saturated carbocycles. The smallest absolute Gasteiger partial charge is 0.127 e. The molecule has 0 saturated heterocycles. The van der Waals surface area contributed by atoms with Crippen LogP contribution in [0.1, 0.15) is 23.6 Å². The number of aromatic hydroxyl groups is 4. The Kier molecular flexibility index (Phi) is 17.9. The molecule has 0 bridgehead atoms. The van der Waals surface area contributed by atoms with Crippen molar-refractivity contribution in [2.45, 2.75) is 12.3 Å². The number of rotatable bonds is 26. The first-order valence-electron chi connectivity index (χ1n) is 27.0. The van der Waals surface area contributed by atoms with Crippen LogP contribution in [0.15, 0.2) is 237 Å². The van der Waals surface area contributed by atoms with Crippen LogP contribution in [0.2, 0.25) is 0 Å². The van der Waals surface area contributed by atoms with Gasteiger partial charge in [-0.2, -0.15) is 0 Å². The van der Waals surface area contributed by atoms with E-state index in [1.54, 1.807) is 97.1 Å².